The van der Waals surface area contributed by atoms with Gasteiger partial charge in [-0.25, -0.2) is 4.98 Å². The first-order valence-corrected chi connectivity index (χ1v) is 9.10. The molecule has 24 heavy (non-hydrogen) atoms. The van der Waals surface area contributed by atoms with Gasteiger partial charge in [0, 0.05) is 5.38 Å². The van der Waals surface area contributed by atoms with Crippen LogP contribution in [0.25, 0.3) is 5.57 Å². The smallest absolute Gasteiger partial charge is 0.231 e. The summed E-state index contributed by atoms with van der Waals surface area (Å²) in [5, 5.41) is 6.80. The SMILES string of the molecule is CC1=CC=C(c2csc(NC3(c4ccc5c(c4)OCO5)CC3)n2)C1. The Morgan fingerprint density at radius 2 is 2.04 bits per heavy atom. The lowest BCUT2D eigenvalue weighted by molar-refractivity contribution is 0.174. The van der Waals surface area contributed by atoms with Crippen LogP contribution in [0.5, 0.6) is 11.5 Å². The van der Waals surface area contributed by atoms with Crippen LogP contribution in [-0.2, 0) is 5.54 Å². The van der Waals surface area contributed by atoms with E-state index in [0.29, 0.717) is 6.79 Å². The van der Waals surface area contributed by atoms with Crippen molar-refractivity contribution in [3.05, 3.63) is 52.6 Å². The van der Waals surface area contributed by atoms with Crippen LogP contribution in [0.15, 0.2) is 41.3 Å². The number of anilines is 1. The van der Waals surface area contributed by atoms with E-state index in [1.807, 2.05) is 6.07 Å². The van der Waals surface area contributed by atoms with Gasteiger partial charge in [0.1, 0.15) is 0 Å². The van der Waals surface area contributed by atoms with Crippen LogP contribution in [0.4, 0.5) is 5.13 Å². The van der Waals surface area contributed by atoms with Crippen molar-refractivity contribution in [2.75, 3.05) is 12.1 Å². The van der Waals surface area contributed by atoms with Gasteiger partial charge in [-0.05, 0) is 49.5 Å². The summed E-state index contributed by atoms with van der Waals surface area (Å²) in [6.07, 6.45) is 7.60. The Hall–Kier alpha value is -2.27. The van der Waals surface area contributed by atoms with Gasteiger partial charge in [-0.2, -0.15) is 0 Å². The zero-order valence-electron chi connectivity index (χ0n) is 13.5. The summed E-state index contributed by atoms with van der Waals surface area (Å²) in [5.74, 6) is 1.68. The summed E-state index contributed by atoms with van der Waals surface area (Å²) in [4.78, 5) is 4.80. The van der Waals surface area contributed by atoms with E-state index in [1.54, 1.807) is 11.3 Å². The van der Waals surface area contributed by atoms with Crippen molar-refractivity contribution in [2.45, 2.75) is 31.7 Å². The molecule has 4 nitrogen and oxygen atoms in total. The number of benzene rings is 1. The third kappa shape index (κ3) is 2.31. The first-order valence-electron chi connectivity index (χ1n) is 8.22. The molecular weight excluding hydrogens is 320 g/mol. The summed E-state index contributed by atoms with van der Waals surface area (Å²) in [6, 6.07) is 6.24. The van der Waals surface area contributed by atoms with E-state index in [9.17, 15) is 0 Å². The quantitative estimate of drug-likeness (QED) is 0.877. The van der Waals surface area contributed by atoms with E-state index in [2.05, 4.69) is 41.9 Å². The number of hydrogen-bond donors (Lipinski definition) is 1. The summed E-state index contributed by atoms with van der Waals surface area (Å²) >= 11 is 1.68. The largest absolute Gasteiger partial charge is 0.454 e. The summed E-state index contributed by atoms with van der Waals surface area (Å²) in [6.45, 7) is 2.48. The van der Waals surface area contributed by atoms with E-state index in [1.165, 1.54) is 16.7 Å². The van der Waals surface area contributed by atoms with Crippen molar-refractivity contribution in [1.29, 1.82) is 0 Å². The zero-order chi connectivity index (χ0) is 16.1. The summed E-state index contributed by atoms with van der Waals surface area (Å²) in [7, 11) is 0. The van der Waals surface area contributed by atoms with Gasteiger partial charge in [0.05, 0.1) is 11.2 Å². The second-order valence-corrected chi connectivity index (χ2v) is 7.55. The molecule has 1 aliphatic heterocycles. The molecule has 0 radical (unpaired) electrons. The average Bonchev–Trinajstić information content (AvgIpc) is 2.99. The summed E-state index contributed by atoms with van der Waals surface area (Å²) < 4.78 is 10.9. The standard InChI is InChI=1S/C19H18N2O2S/c1-12-2-3-13(8-12)15-10-24-18(20-15)21-19(6-7-19)14-4-5-16-17(9-14)23-11-22-16/h2-5,9-10H,6-8,11H2,1H3,(H,20,21). The molecule has 1 aromatic heterocycles. The molecule has 2 aromatic rings. The van der Waals surface area contributed by atoms with Gasteiger partial charge in [0.15, 0.2) is 16.6 Å². The topological polar surface area (TPSA) is 43.4 Å². The lowest BCUT2D eigenvalue weighted by atomic mass is 10.0. The van der Waals surface area contributed by atoms with E-state index < -0.39 is 0 Å². The lowest BCUT2D eigenvalue weighted by Crippen LogP contribution is -2.18. The van der Waals surface area contributed by atoms with E-state index in [-0.39, 0.29) is 5.54 Å². The fraction of sp³-hybridized carbons (Fsp3) is 0.316. The van der Waals surface area contributed by atoms with Crippen LogP contribution in [-0.4, -0.2) is 11.8 Å². The Kier molecular flexibility index (Phi) is 3.00. The molecule has 0 unspecified atom stereocenters. The minimum atomic E-state index is -0.00563. The molecule has 2 aliphatic carbocycles. The van der Waals surface area contributed by atoms with Crippen molar-refractivity contribution >= 4 is 22.0 Å². The number of allylic oxidation sites excluding steroid dienone is 4. The summed E-state index contributed by atoms with van der Waals surface area (Å²) in [5.41, 5.74) is 5.04. The maximum atomic E-state index is 5.52. The monoisotopic (exact) mass is 338 g/mol. The van der Waals surface area contributed by atoms with Crippen LogP contribution in [0.3, 0.4) is 0 Å². The Labute approximate surface area is 144 Å². The van der Waals surface area contributed by atoms with Crippen LogP contribution in [0.2, 0.25) is 0 Å². The van der Waals surface area contributed by atoms with Crippen molar-refractivity contribution in [3.8, 4) is 11.5 Å². The Balaban J connectivity index is 1.37. The fourth-order valence-electron chi connectivity index (χ4n) is 3.33. The minimum Gasteiger partial charge on any atom is -0.454 e. The van der Waals surface area contributed by atoms with E-state index in [4.69, 9.17) is 14.5 Å². The van der Waals surface area contributed by atoms with Gasteiger partial charge >= 0.3 is 0 Å². The molecule has 1 aromatic carbocycles. The lowest BCUT2D eigenvalue weighted by Gasteiger charge is -2.17. The van der Waals surface area contributed by atoms with Crippen LogP contribution in [0.1, 0.15) is 37.4 Å². The van der Waals surface area contributed by atoms with Crippen molar-refractivity contribution in [3.63, 3.8) is 0 Å². The Bertz CT molecular complexity index is 877. The molecule has 5 rings (SSSR count). The number of ether oxygens (including phenoxy) is 2. The highest BCUT2D eigenvalue weighted by Crippen LogP contribution is 2.50. The average molecular weight is 338 g/mol. The normalized spacial score (nSPS) is 19.9. The number of fused-ring (bicyclic) bond motifs is 1. The molecule has 5 heteroatoms. The predicted molar refractivity (Wildman–Crippen MR) is 95.6 cm³/mol. The second kappa shape index (κ2) is 5.11. The molecule has 1 saturated carbocycles. The molecule has 0 amide bonds. The maximum absolute atomic E-state index is 5.52. The van der Waals surface area contributed by atoms with Crippen molar-refractivity contribution in [1.82, 2.24) is 4.98 Å². The third-order valence-electron chi connectivity index (χ3n) is 4.89. The molecule has 2 heterocycles. The van der Waals surface area contributed by atoms with E-state index in [0.717, 1.165) is 41.6 Å². The first-order chi connectivity index (χ1) is 11.7. The van der Waals surface area contributed by atoms with Crippen LogP contribution >= 0.6 is 11.3 Å². The molecule has 0 spiro atoms. The molecular formula is C19H18N2O2S. The van der Waals surface area contributed by atoms with Crippen LogP contribution in [0, 0.1) is 0 Å². The highest BCUT2D eigenvalue weighted by molar-refractivity contribution is 7.13. The molecule has 0 atom stereocenters. The zero-order valence-corrected chi connectivity index (χ0v) is 14.3. The molecule has 1 fully saturated rings. The fourth-order valence-corrected chi connectivity index (χ4v) is 4.16. The highest BCUT2D eigenvalue weighted by atomic mass is 32.1. The Morgan fingerprint density at radius 3 is 2.83 bits per heavy atom. The van der Waals surface area contributed by atoms with Gasteiger partial charge in [0.2, 0.25) is 6.79 Å². The number of nitrogens with zero attached hydrogens (tertiary/aromatic N) is 1. The van der Waals surface area contributed by atoms with Gasteiger partial charge in [-0.1, -0.05) is 23.8 Å². The molecule has 122 valence electrons. The second-order valence-electron chi connectivity index (χ2n) is 6.69. The number of thiazole rings is 1. The van der Waals surface area contributed by atoms with Crippen molar-refractivity contribution in [2.24, 2.45) is 0 Å². The van der Waals surface area contributed by atoms with Gasteiger partial charge < -0.3 is 14.8 Å². The molecule has 0 saturated heterocycles. The third-order valence-corrected chi connectivity index (χ3v) is 5.65. The van der Waals surface area contributed by atoms with E-state index >= 15 is 0 Å². The first kappa shape index (κ1) is 14.1. The highest BCUT2D eigenvalue weighted by Gasteiger charge is 2.45. The number of aromatic nitrogens is 1. The number of nitrogens with one attached hydrogen (secondary N) is 1. The molecule has 0 bridgehead atoms. The van der Waals surface area contributed by atoms with Gasteiger partial charge in [0.25, 0.3) is 0 Å². The minimum absolute atomic E-state index is 0.00563. The number of hydrogen-bond acceptors (Lipinski definition) is 5. The molecule has 3 aliphatic rings. The number of rotatable bonds is 4. The van der Waals surface area contributed by atoms with Gasteiger partial charge in [-0.15, -0.1) is 11.3 Å². The molecule has 1 N–H and O–H groups in total. The Morgan fingerprint density at radius 1 is 1.17 bits per heavy atom. The van der Waals surface area contributed by atoms with Gasteiger partial charge in [-0.3, -0.25) is 0 Å². The van der Waals surface area contributed by atoms with Crippen LogP contribution < -0.4 is 14.8 Å². The van der Waals surface area contributed by atoms with Crippen molar-refractivity contribution < 1.29 is 9.47 Å². The maximum Gasteiger partial charge on any atom is 0.231 e. The predicted octanol–water partition coefficient (Wildman–Crippen LogP) is 4.71.